The van der Waals surface area contributed by atoms with Crippen molar-refractivity contribution in [3.63, 3.8) is 0 Å². The van der Waals surface area contributed by atoms with E-state index in [0.717, 1.165) is 32.1 Å². The van der Waals surface area contributed by atoms with Crippen molar-refractivity contribution in [3.8, 4) is 0 Å². The Morgan fingerprint density at radius 1 is 0.952 bits per heavy atom. The number of hydrogen-bond donors (Lipinski definition) is 1. The van der Waals surface area contributed by atoms with Gasteiger partial charge in [-0.3, -0.25) is 0 Å². The molecule has 0 radical (unpaired) electrons. The van der Waals surface area contributed by atoms with Gasteiger partial charge in [0.05, 0.1) is 6.26 Å². The van der Waals surface area contributed by atoms with Crippen LogP contribution in [0.4, 0.5) is 0 Å². The number of rotatable bonds is 5. The van der Waals surface area contributed by atoms with E-state index in [9.17, 15) is 16.8 Å². The van der Waals surface area contributed by atoms with Crippen molar-refractivity contribution in [2.24, 2.45) is 5.92 Å². The largest absolute Gasteiger partial charge is 0.279 e. The molecular formula is C12H25N3O4S2. The molecule has 2 aliphatic heterocycles. The van der Waals surface area contributed by atoms with Gasteiger partial charge in [-0.15, -0.1) is 0 Å². The first kappa shape index (κ1) is 17.1. The third kappa shape index (κ3) is 4.88. The molecule has 0 aromatic rings. The fourth-order valence-electron chi connectivity index (χ4n) is 2.91. The lowest BCUT2D eigenvalue weighted by atomic mass is 10.0. The van der Waals surface area contributed by atoms with Gasteiger partial charge in [-0.1, -0.05) is 6.42 Å². The molecular weight excluding hydrogens is 314 g/mol. The molecule has 0 saturated carbocycles. The van der Waals surface area contributed by atoms with Crippen LogP contribution in [-0.4, -0.2) is 64.4 Å². The third-order valence-electron chi connectivity index (χ3n) is 4.16. The van der Waals surface area contributed by atoms with Gasteiger partial charge in [-0.05, 0) is 31.6 Å². The highest BCUT2D eigenvalue weighted by Crippen LogP contribution is 2.19. The molecule has 9 heteroatoms. The second-order valence-corrected chi connectivity index (χ2v) is 9.68. The predicted molar refractivity (Wildman–Crippen MR) is 81.5 cm³/mol. The Bertz CT molecular complexity index is 541. The second-order valence-electron chi connectivity index (χ2n) is 5.94. The Balaban J connectivity index is 1.87. The molecule has 0 aromatic heterocycles. The van der Waals surface area contributed by atoms with Crippen molar-refractivity contribution in [3.05, 3.63) is 0 Å². The van der Waals surface area contributed by atoms with Crippen LogP contribution in [0.3, 0.4) is 0 Å². The number of nitrogens with zero attached hydrogens (tertiary/aromatic N) is 2. The van der Waals surface area contributed by atoms with Crippen LogP contribution in [0.15, 0.2) is 0 Å². The molecule has 124 valence electrons. The van der Waals surface area contributed by atoms with E-state index in [1.165, 1.54) is 14.9 Å². The van der Waals surface area contributed by atoms with Gasteiger partial charge in [0, 0.05) is 32.7 Å². The van der Waals surface area contributed by atoms with Gasteiger partial charge in [0.2, 0.25) is 10.0 Å². The van der Waals surface area contributed by atoms with Crippen LogP contribution in [0.1, 0.15) is 32.1 Å². The molecule has 2 aliphatic rings. The quantitative estimate of drug-likeness (QED) is 0.762. The van der Waals surface area contributed by atoms with E-state index < -0.39 is 20.2 Å². The third-order valence-corrected chi connectivity index (χ3v) is 7.01. The Kier molecular flexibility index (Phi) is 5.64. The summed E-state index contributed by atoms with van der Waals surface area (Å²) in [4.78, 5) is 0. The van der Waals surface area contributed by atoms with E-state index in [1.54, 1.807) is 0 Å². The lowest BCUT2D eigenvalue weighted by Gasteiger charge is -2.32. The molecule has 1 atom stereocenters. The summed E-state index contributed by atoms with van der Waals surface area (Å²) in [5.41, 5.74) is 0. The lowest BCUT2D eigenvalue weighted by molar-refractivity contribution is 0.266. The van der Waals surface area contributed by atoms with E-state index in [1.807, 2.05) is 0 Å². The molecule has 2 rings (SSSR count). The normalized spacial score (nSPS) is 26.8. The van der Waals surface area contributed by atoms with Crippen molar-refractivity contribution in [1.82, 2.24) is 13.3 Å². The van der Waals surface area contributed by atoms with Gasteiger partial charge in [0.15, 0.2) is 0 Å². The summed E-state index contributed by atoms with van der Waals surface area (Å²) in [5, 5.41) is 0. The van der Waals surface area contributed by atoms with E-state index >= 15 is 0 Å². The van der Waals surface area contributed by atoms with Gasteiger partial charge >= 0.3 is 0 Å². The first-order chi connectivity index (χ1) is 9.79. The van der Waals surface area contributed by atoms with Crippen molar-refractivity contribution in [2.75, 3.05) is 39.0 Å². The molecule has 0 amide bonds. The van der Waals surface area contributed by atoms with Gasteiger partial charge in [0.1, 0.15) is 0 Å². The monoisotopic (exact) mass is 339 g/mol. The Morgan fingerprint density at radius 3 is 2.19 bits per heavy atom. The Hall–Kier alpha value is -0.220. The fourth-order valence-corrected chi connectivity index (χ4v) is 5.22. The number of piperidine rings is 2. The maximum atomic E-state index is 12.2. The highest BCUT2D eigenvalue weighted by molar-refractivity contribution is 7.88. The van der Waals surface area contributed by atoms with Gasteiger partial charge in [-0.25, -0.2) is 17.4 Å². The van der Waals surface area contributed by atoms with Crippen molar-refractivity contribution in [1.29, 1.82) is 0 Å². The molecule has 2 heterocycles. The van der Waals surface area contributed by atoms with E-state index in [0.29, 0.717) is 32.7 Å². The lowest BCUT2D eigenvalue weighted by Crippen LogP contribution is -2.47. The molecule has 0 aliphatic carbocycles. The summed E-state index contributed by atoms with van der Waals surface area (Å²) in [6.07, 6.45) is 5.74. The molecule has 2 fully saturated rings. The van der Waals surface area contributed by atoms with Crippen LogP contribution in [0.2, 0.25) is 0 Å². The van der Waals surface area contributed by atoms with Crippen molar-refractivity contribution < 1.29 is 16.8 Å². The summed E-state index contributed by atoms with van der Waals surface area (Å²) < 4.78 is 53.1. The van der Waals surface area contributed by atoms with Crippen LogP contribution in [0.5, 0.6) is 0 Å². The molecule has 2 saturated heterocycles. The van der Waals surface area contributed by atoms with Crippen LogP contribution in [0, 0.1) is 5.92 Å². The maximum Gasteiger partial charge on any atom is 0.279 e. The van der Waals surface area contributed by atoms with Crippen LogP contribution < -0.4 is 4.72 Å². The van der Waals surface area contributed by atoms with E-state index in [4.69, 9.17) is 0 Å². The van der Waals surface area contributed by atoms with Crippen molar-refractivity contribution in [2.45, 2.75) is 32.1 Å². The standard InChI is InChI=1S/C12H25N3O4S2/c1-20(16,17)15-9-5-6-12(11-15)10-13-21(18,19)14-7-3-2-4-8-14/h12-13H,2-11H2,1H3. The number of sulfonamides is 1. The highest BCUT2D eigenvalue weighted by Gasteiger charge is 2.28. The molecule has 21 heavy (non-hydrogen) atoms. The van der Waals surface area contributed by atoms with Crippen LogP contribution in [0.25, 0.3) is 0 Å². The molecule has 0 aromatic carbocycles. The number of nitrogens with one attached hydrogen (secondary N) is 1. The molecule has 0 spiro atoms. The first-order valence-electron chi connectivity index (χ1n) is 7.49. The van der Waals surface area contributed by atoms with Crippen LogP contribution >= 0.6 is 0 Å². The minimum Gasteiger partial charge on any atom is -0.213 e. The summed E-state index contributed by atoms with van der Waals surface area (Å²) in [7, 11) is -6.61. The Labute approximate surface area is 127 Å². The number of hydrogen-bond acceptors (Lipinski definition) is 4. The average molecular weight is 339 g/mol. The SMILES string of the molecule is CS(=O)(=O)N1CCCC(CNS(=O)(=O)N2CCCCC2)C1. The molecule has 0 bridgehead atoms. The fraction of sp³-hybridized carbons (Fsp3) is 1.00. The van der Waals surface area contributed by atoms with E-state index in [-0.39, 0.29) is 5.92 Å². The van der Waals surface area contributed by atoms with Gasteiger partial charge in [-0.2, -0.15) is 12.7 Å². The minimum absolute atomic E-state index is 0.0491. The zero-order valence-electron chi connectivity index (χ0n) is 12.5. The zero-order valence-corrected chi connectivity index (χ0v) is 14.1. The van der Waals surface area contributed by atoms with Crippen molar-refractivity contribution >= 4 is 20.2 Å². The predicted octanol–water partition coefficient (Wildman–Crippen LogP) is -0.0217. The zero-order chi connectivity index (χ0) is 15.5. The maximum absolute atomic E-state index is 12.2. The smallest absolute Gasteiger partial charge is 0.213 e. The van der Waals surface area contributed by atoms with Gasteiger partial charge < -0.3 is 0 Å². The summed E-state index contributed by atoms with van der Waals surface area (Å²) in [5.74, 6) is 0.0491. The molecule has 7 nitrogen and oxygen atoms in total. The Morgan fingerprint density at radius 2 is 1.57 bits per heavy atom. The van der Waals surface area contributed by atoms with Crippen LogP contribution in [-0.2, 0) is 20.2 Å². The van der Waals surface area contributed by atoms with E-state index in [2.05, 4.69) is 4.72 Å². The molecule has 1 unspecified atom stereocenters. The average Bonchev–Trinajstić information content (AvgIpc) is 2.46. The summed E-state index contributed by atoms with van der Waals surface area (Å²) >= 11 is 0. The summed E-state index contributed by atoms with van der Waals surface area (Å²) in [6, 6.07) is 0. The van der Waals surface area contributed by atoms with Gasteiger partial charge in [0.25, 0.3) is 10.2 Å². The molecule has 1 N–H and O–H groups in total. The summed E-state index contributed by atoms with van der Waals surface area (Å²) in [6.45, 7) is 2.41. The second kappa shape index (κ2) is 6.91. The first-order valence-corrected chi connectivity index (χ1v) is 10.8. The topological polar surface area (TPSA) is 86.8 Å². The minimum atomic E-state index is -3.42. The highest BCUT2D eigenvalue weighted by atomic mass is 32.2.